The van der Waals surface area contributed by atoms with E-state index in [0.717, 1.165) is 0 Å². The summed E-state index contributed by atoms with van der Waals surface area (Å²) in [7, 11) is -5.42. The van der Waals surface area contributed by atoms with E-state index in [-0.39, 0.29) is 0 Å². The molecule has 0 saturated carbocycles. The molecule has 0 amide bonds. The van der Waals surface area contributed by atoms with Crippen molar-refractivity contribution in [3.05, 3.63) is 0 Å². The van der Waals surface area contributed by atoms with Crippen LogP contribution in [0.2, 0.25) is 0 Å². The molecule has 0 fully saturated rings. The molecule has 0 radical (unpaired) electrons. The molecule has 0 rings (SSSR count). The standard InChI is InChI=1S/C4H8O5P2/c1-3(10(5)6)9-4(2)11(7)8/h3-4H,1-2H3. The van der Waals surface area contributed by atoms with Crippen molar-refractivity contribution in [2.75, 3.05) is 0 Å². The summed E-state index contributed by atoms with van der Waals surface area (Å²) in [6.07, 6.45) is 0. The zero-order valence-corrected chi connectivity index (χ0v) is 7.88. The molecule has 2 atom stereocenters. The smallest absolute Gasteiger partial charge is 0.344 e. The van der Waals surface area contributed by atoms with Gasteiger partial charge >= 0.3 is 15.4 Å². The first-order chi connectivity index (χ1) is 4.95. The van der Waals surface area contributed by atoms with Crippen molar-refractivity contribution in [2.24, 2.45) is 0 Å². The van der Waals surface area contributed by atoms with Gasteiger partial charge in [0.05, 0.1) is 0 Å². The number of rotatable bonds is 4. The molecular weight excluding hydrogens is 190 g/mol. The van der Waals surface area contributed by atoms with Crippen LogP contribution in [0.15, 0.2) is 0 Å². The molecular formula is C4H8O5P2. The van der Waals surface area contributed by atoms with E-state index in [2.05, 4.69) is 4.74 Å². The van der Waals surface area contributed by atoms with Crippen LogP contribution < -0.4 is 0 Å². The van der Waals surface area contributed by atoms with Gasteiger partial charge in [-0.25, -0.2) is 18.3 Å². The average molecular weight is 198 g/mol. The van der Waals surface area contributed by atoms with Crippen molar-refractivity contribution >= 4 is 15.4 Å². The van der Waals surface area contributed by atoms with Gasteiger partial charge in [-0.2, -0.15) is 0 Å². The van der Waals surface area contributed by atoms with Gasteiger partial charge in [0.25, 0.3) is 0 Å². The summed E-state index contributed by atoms with van der Waals surface area (Å²) in [4.78, 5) is 0. The highest BCUT2D eigenvalue weighted by Gasteiger charge is 2.15. The van der Waals surface area contributed by atoms with Crippen molar-refractivity contribution in [3.63, 3.8) is 0 Å². The zero-order chi connectivity index (χ0) is 9.02. The highest BCUT2D eigenvalue weighted by Crippen LogP contribution is 2.23. The zero-order valence-electron chi connectivity index (χ0n) is 6.09. The van der Waals surface area contributed by atoms with Crippen LogP contribution in [-0.2, 0) is 23.0 Å². The average Bonchev–Trinajstić information content (AvgIpc) is 1.87. The molecule has 0 aliphatic heterocycles. The summed E-state index contributed by atoms with van der Waals surface area (Å²) >= 11 is 0. The van der Waals surface area contributed by atoms with E-state index < -0.39 is 27.1 Å². The third kappa shape index (κ3) is 4.25. The maximum absolute atomic E-state index is 10.2. The molecule has 64 valence electrons. The van der Waals surface area contributed by atoms with Crippen LogP contribution in [0.3, 0.4) is 0 Å². The molecule has 2 unspecified atom stereocenters. The summed E-state index contributed by atoms with van der Waals surface area (Å²) in [5.74, 6) is -2.10. The fourth-order valence-electron chi connectivity index (χ4n) is 0.384. The van der Waals surface area contributed by atoms with E-state index in [1.165, 1.54) is 13.8 Å². The summed E-state index contributed by atoms with van der Waals surface area (Å²) in [5.41, 5.74) is 0. The SMILES string of the molecule is CC(OC(C)P(=O)=O)P(=O)=O. The van der Waals surface area contributed by atoms with Gasteiger partial charge in [-0.05, 0) is 13.8 Å². The lowest BCUT2D eigenvalue weighted by atomic mass is 10.8. The maximum Gasteiger partial charge on any atom is 0.344 e. The minimum Gasteiger partial charge on any atom is -0.345 e. The lowest BCUT2D eigenvalue weighted by Gasteiger charge is -2.05. The van der Waals surface area contributed by atoms with E-state index in [4.69, 9.17) is 0 Å². The Labute approximate surface area is 64.8 Å². The first-order valence-electron chi connectivity index (χ1n) is 2.87. The van der Waals surface area contributed by atoms with Crippen molar-refractivity contribution in [1.82, 2.24) is 0 Å². The molecule has 0 aliphatic carbocycles. The second-order valence-corrected chi connectivity index (χ2v) is 4.50. The molecule has 0 aliphatic rings. The van der Waals surface area contributed by atoms with Crippen LogP contribution >= 0.6 is 15.4 Å². The molecule has 0 aromatic rings. The third-order valence-electron chi connectivity index (χ3n) is 0.988. The van der Waals surface area contributed by atoms with Gasteiger partial charge in [-0.1, -0.05) is 0 Å². The van der Waals surface area contributed by atoms with Crippen molar-refractivity contribution in [1.29, 1.82) is 0 Å². The highest BCUT2D eigenvalue weighted by atomic mass is 31.1. The van der Waals surface area contributed by atoms with Crippen molar-refractivity contribution in [3.8, 4) is 0 Å². The molecule has 0 N–H and O–H groups in total. The van der Waals surface area contributed by atoms with Gasteiger partial charge in [0.1, 0.15) is 0 Å². The second kappa shape index (κ2) is 4.60. The molecule has 0 heterocycles. The highest BCUT2D eigenvalue weighted by molar-refractivity contribution is 7.32. The van der Waals surface area contributed by atoms with Crippen LogP contribution in [0.4, 0.5) is 0 Å². The Morgan fingerprint density at radius 3 is 1.36 bits per heavy atom. The predicted molar refractivity (Wildman–Crippen MR) is 36.6 cm³/mol. The Morgan fingerprint density at radius 2 is 1.18 bits per heavy atom. The first-order valence-corrected chi connectivity index (χ1v) is 5.37. The molecule has 11 heavy (non-hydrogen) atoms. The lowest BCUT2D eigenvalue weighted by Crippen LogP contribution is -2.07. The Morgan fingerprint density at radius 1 is 0.909 bits per heavy atom. The largest absolute Gasteiger partial charge is 0.345 e. The van der Waals surface area contributed by atoms with E-state index in [9.17, 15) is 18.3 Å². The Kier molecular flexibility index (Phi) is 4.50. The number of ether oxygens (including phenoxy) is 1. The van der Waals surface area contributed by atoms with Gasteiger partial charge in [0, 0.05) is 0 Å². The molecule has 7 heteroatoms. The topological polar surface area (TPSA) is 77.5 Å². The third-order valence-corrected chi connectivity index (χ3v) is 2.42. The number of hydrogen-bond donors (Lipinski definition) is 0. The van der Waals surface area contributed by atoms with Crippen LogP contribution in [0.5, 0.6) is 0 Å². The van der Waals surface area contributed by atoms with E-state index in [1.807, 2.05) is 0 Å². The predicted octanol–water partition coefficient (Wildman–Crippen LogP) is 2.04. The lowest BCUT2D eigenvalue weighted by molar-refractivity contribution is 0.0973. The van der Waals surface area contributed by atoms with Gasteiger partial charge in [-0.3, -0.25) is 0 Å². The van der Waals surface area contributed by atoms with Gasteiger partial charge in [0.15, 0.2) is 11.7 Å². The summed E-state index contributed by atoms with van der Waals surface area (Å²) in [6, 6.07) is 0. The minimum atomic E-state index is -2.71. The quantitative estimate of drug-likeness (QED) is 0.645. The molecule has 5 nitrogen and oxygen atoms in total. The molecule has 0 aromatic heterocycles. The van der Waals surface area contributed by atoms with Gasteiger partial charge < -0.3 is 4.74 Å². The van der Waals surface area contributed by atoms with Crippen LogP contribution in [0.1, 0.15) is 13.8 Å². The van der Waals surface area contributed by atoms with Crippen LogP contribution in [-0.4, -0.2) is 11.7 Å². The minimum absolute atomic E-state index is 1.05. The number of hydrogen-bond acceptors (Lipinski definition) is 5. The Bertz CT molecular complexity index is 211. The van der Waals surface area contributed by atoms with Crippen LogP contribution in [0.25, 0.3) is 0 Å². The monoisotopic (exact) mass is 198 g/mol. The van der Waals surface area contributed by atoms with Crippen LogP contribution in [0, 0.1) is 0 Å². The van der Waals surface area contributed by atoms with Gasteiger partial charge in [-0.15, -0.1) is 0 Å². The van der Waals surface area contributed by atoms with E-state index in [0.29, 0.717) is 0 Å². The summed E-state index contributed by atoms with van der Waals surface area (Å²) in [5, 5.41) is 0. The van der Waals surface area contributed by atoms with Crippen molar-refractivity contribution < 1.29 is 23.0 Å². The second-order valence-electron chi connectivity index (χ2n) is 1.91. The molecule has 0 bridgehead atoms. The maximum atomic E-state index is 10.2. The molecule has 0 spiro atoms. The summed E-state index contributed by atoms with van der Waals surface area (Å²) in [6.45, 7) is 2.56. The Balaban J connectivity index is 4.05. The normalized spacial score (nSPS) is 15.5. The van der Waals surface area contributed by atoms with E-state index in [1.54, 1.807) is 0 Å². The fraction of sp³-hybridized carbons (Fsp3) is 1.00. The summed E-state index contributed by atoms with van der Waals surface area (Å²) < 4.78 is 45.3. The molecule has 0 aromatic carbocycles. The van der Waals surface area contributed by atoms with Crippen molar-refractivity contribution in [2.45, 2.75) is 25.5 Å². The van der Waals surface area contributed by atoms with E-state index >= 15 is 0 Å². The first kappa shape index (κ1) is 10.8. The molecule has 0 saturated heterocycles. The Hall–Kier alpha value is -0.240. The van der Waals surface area contributed by atoms with Gasteiger partial charge in [0.2, 0.25) is 0 Å². The fourth-order valence-corrected chi connectivity index (χ4v) is 1.04.